The van der Waals surface area contributed by atoms with Crippen LogP contribution < -0.4 is 10.2 Å². The highest BCUT2D eigenvalue weighted by Gasteiger charge is 2.18. The first-order valence-corrected chi connectivity index (χ1v) is 7.35. The zero-order valence-corrected chi connectivity index (χ0v) is 12.3. The normalized spacial score (nSPS) is 16.6. The Bertz CT molecular complexity index is 588. The molecule has 1 aromatic carbocycles. The van der Waals surface area contributed by atoms with Crippen LogP contribution in [0, 0.1) is 0 Å². The molecule has 1 aromatic heterocycles. The Morgan fingerprint density at radius 2 is 1.95 bits per heavy atom. The van der Waals surface area contributed by atoms with Crippen LogP contribution in [0.1, 0.15) is 6.92 Å². The van der Waals surface area contributed by atoms with Gasteiger partial charge in [-0.1, -0.05) is 6.92 Å². The van der Waals surface area contributed by atoms with E-state index >= 15 is 0 Å². The van der Waals surface area contributed by atoms with Gasteiger partial charge in [-0.2, -0.15) is 0 Å². The average molecular weight is 270 g/mol. The maximum Gasteiger partial charge on any atom is 0.136 e. The van der Waals surface area contributed by atoms with E-state index in [0.29, 0.717) is 0 Å². The summed E-state index contributed by atoms with van der Waals surface area (Å²) in [5, 5.41) is 5.69. The predicted octanol–water partition coefficient (Wildman–Crippen LogP) is 2.42. The summed E-state index contributed by atoms with van der Waals surface area (Å²) in [5.41, 5.74) is 1.14. The average Bonchev–Trinajstić information content (AvgIpc) is 2.54. The van der Waals surface area contributed by atoms with Crippen LogP contribution in [0.25, 0.3) is 10.8 Å². The van der Waals surface area contributed by atoms with Gasteiger partial charge in [0.25, 0.3) is 0 Å². The van der Waals surface area contributed by atoms with Gasteiger partial charge in [-0.25, -0.2) is 4.98 Å². The zero-order chi connectivity index (χ0) is 13.9. The van der Waals surface area contributed by atoms with Crippen molar-refractivity contribution >= 4 is 22.3 Å². The highest BCUT2D eigenvalue weighted by atomic mass is 15.3. The van der Waals surface area contributed by atoms with Crippen molar-refractivity contribution in [1.82, 2.24) is 9.88 Å². The minimum atomic E-state index is 1.06. The van der Waals surface area contributed by atoms with Gasteiger partial charge in [-0.15, -0.1) is 0 Å². The number of pyridine rings is 1. The SMILES string of the molecule is CCN1CCN(c2nccc3cc(NC)ccc23)CC1. The van der Waals surface area contributed by atoms with Gasteiger partial charge in [-0.3, -0.25) is 0 Å². The fourth-order valence-corrected chi connectivity index (χ4v) is 2.85. The second kappa shape index (κ2) is 5.67. The summed E-state index contributed by atoms with van der Waals surface area (Å²) in [4.78, 5) is 9.52. The minimum absolute atomic E-state index is 1.06. The summed E-state index contributed by atoms with van der Waals surface area (Å²) in [6, 6.07) is 8.57. The largest absolute Gasteiger partial charge is 0.388 e. The quantitative estimate of drug-likeness (QED) is 0.928. The summed E-state index contributed by atoms with van der Waals surface area (Å²) >= 11 is 0. The van der Waals surface area contributed by atoms with E-state index in [9.17, 15) is 0 Å². The Labute approximate surface area is 120 Å². The number of rotatable bonds is 3. The van der Waals surface area contributed by atoms with Crippen molar-refractivity contribution in [2.45, 2.75) is 6.92 Å². The molecule has 1 saturated heterocycles. The van der Waals surface area contributed by atoms with E-state index in [0.717, 1.165) is 44.2 Å². The van der Waals surface area contributed by atoms with Gasteiger partial charge < -0.3 is 15.1 Å². The second-order valence-electron chi connectivity index (χ2n) is 5.24. The molecule has 20 heavy (non-hydrogen) atoms. The van der Waals surface area contributed by atoms with Gasteiger partial charge in [0.2, 0.25) is 0 Å². The van der Waals surface area contributed by atoms with Gasteiger partial charge in [0, 0.05) is 50.5 Å². The first-order valence-electron chi connectivity index (χ1n) is 7.35. The molecule has 0 aliphatic carbocycles. The number of benzene rings is 1. The number of hydrogen-bond donors (Lipinski definition) is 1. The lowest BCUT2D eigenvalue weighted by Crippen LogP contribution is -2.46. The third-order valence-corrected chi connectivity index (χ3v) is 4.15. The Kier molecular flexibility index (Phi) is 3.74. The maximum atomic E-state index is 4.62. The molecule has 4 heteroatoms. The molecule has 0 radical (unpaired) electrons. The zero-order valence-electron chi connectivity index (χ0n) is 12.3. The van der Waals surface area contributed by atoms with E-state index in [2.05, 4.69) is 51.3 Å². The highest BCUT2D eigenvalue weighted by Crippen LogP contribution is 2.27. The highest BCUT2D eigenvalue weighted by molar-refractivity contribution is 5.94. The number of fused-ring (bicyclic) bond motifs is 1. The molecule has 1 aliphatic heterocycles. The van der Waals surface area contributed by atoms with E-state index in [1.54, 1.807) is 0 Å². The monoisotopic (exact) mass is 270 g/mol. The molecule has 2 aromatic rings. The molecule has 3 rings (SSSR count). The van der Waals surface area contributed by atoms with Gasteiger partial charge >= 0.3 is 0 Å². The number of aromatic nitrogens is 1. The van der Waals surface area contributed by atoms with Crippen LogP contribution in [0.2, 0.25) is 0 Å². The standard InChI is InChI=1S/C16H22N4/c1-3-19-8-10-20(11-9-19)16-15-5-4-14(17-2)12-13(15)6-7-18-16/h4-7,12,17H,3,8-11H2,1-2H3. The first-order chi connectivity index (χ1) is 9.81. The number of nitrogens with one attached hydrogen (secondary N) is 1. The van der Waals surface area contributed by atoms with Crippen molar-refractivity contribution in [2.24, 2.45) is 0 Å². The van der Waals surface area contributed by atoms with Crippen LogP contribution in [0.15, 0.2) is 30.5 Å². The Morgan fingerprint density at radius 3 is 2.65 bits per heavy atom. The molecule has 0 unspecified atom stereocenters. The fourth-order valence-electron chi connectivity index (χ4n) is 2.85. The first kappa shape index (κ1) is 13.2. The molecular weight excluding hydrogens is 248 g/mol. The minimum Gasteiger partial charge on any atom is -0.388 e. The van der Waals surface area contributed by atoms with Crippen molar-refractivity contribution in [2.75, 3.05) is 50.0 Å². The van der Waals surface area contributed by atoms with Crippen LogP contribution in [0.4, 0.5) is 11.5 Å². The summed E-state index contributed by atoms with van der Waals surface area (Å²) in [7, 11) is 1.95. The molecule has 4 nitrogen and oxygen atoms in total. The van der Waals surface area contributed by atoms with Crippen LogP contribution in [-0.2, 0) is 0 Å². The molecule has 0 saturated carbocycles. The van der Waals surface area contributed by atoms with Crippen molar-refractivity contribution in [3.63, 3.8) is 0 Å². The van der Waals surface area contributed by atoms with Crippen LogP contribution in [-0.4, -0.2) is 49.7 Å². The summed E-state index contributed by atoms with van der Waals surface area (Å²) in [6.45, 7) is 7.75. The molecule has 0 bridgehead atoms. The van der Waals surface area contributed by atoms with Gasteiger partial charge in [-0.05, 0) is 36.2 Å². The number of piperazine rings is 1. The van der Waals surface area contributed by atoms with E-state index in [1.165, 1.54) is 10.8 Å². The smallest absolute Gasteiger partial charge is 0.136 e. The number of likely N-dealkylation sites (N-methyl/N-ethyl adjacent to an activating group) is 1. The third-order valence-electron chi connectivity index (χ3n) is 4.15. The Morgan fingerprint density at radius 1 is 1.15 bits per heavy atom. The van der Waals surface area contributed by atoms with Crippen LogP contribution >= 0.6 is 0 Å². The molecule has 1 aliphatic rings. The molecule has 0 spiro atoms. The van der Waals surface area contributed by atoms with E-state index < -0.39 is 0 Å². The molecule has 1 fully saturated rings. The second-order valence-corrected chi connectivity index (χ2v) is 5.24. The number of anilines is 2. The van der Waals surface area contributed by atoms with Crippen molar-refractivity contribution in [3.05, 3.63) is 30.5 Å². The van der Waals surface area contributed by atoms with Gasteiger partial charge in [0.15, 0.2) is 0 Å². The lowest BCUT2D eigenvalue weighted by atomic mass is 10.1. The molecule has 106 valence electrons. The Balaban J connectivity index is 1.92. The molecule has 0 amide bonds. The van der Waals surface area contributed by atoms with Gasteiger partial charge in [0.05, 0.1) is 0 Å². The van der Waals surface area contributed by atoms with Crippen LogP contribution in [0.5, 0.6) is 0 Å². The lowest BCUT2D eigenvalue weighted by Gasteiger charge is -2.35. The Hall–Kier alpha value is -1.81. The molecule has 2 heterocycles. The fraction of sp³-hybridized carbons (Fsp3) is 0.438. The van der Waals surface area contributed by atoms with Crippen molar-refractivity contribution in [3.8, 4) is 0 Å². The number of hydrogen-bond acceptors (Lipinski definition) is 4. The summed E-state index contributed by atoms with van der Waals surface area (Å²) in [5.74, 6) is 1.13. The predicted molar refractivity (Wildman–Crippen MR) is 85.6 cm³/mol. The van der Waals surface area contributed by atoms with Crippen molar-refractivity contribution in [1.29, 1.82) is 0 Å². The van der Waals surface area contributed by atoms with E-state index in [-0.39, 0.29) is 0 Å². The third kappa shape index (κ3) is 2.43. The maximum absolute atomic E-state index is 4.62. The summed E-state index contributed by atoms with van der Waals surface area (Å²) in [6.07, 6.45) is 1.92. The van der Waals surface area contributed by atoms with Crippen molar-refractivity contribution < 1.29 is 0 Å². The molecule has 1 N–H and O–H groups in total. The lowest BCUT2D eigenvalue weighted by molar-refractivity contribution is 0.271. The van der Waals surface area contributed by atoms with Crippen LogP contribution in [0.3, 0.4) is 0 Å². The molecule has 0 atom stereocenters. The topological polar surface area (TPSA) is 31.4 Å². The van der Waals surface area contributed by atoms with Gasteiger partial charge in [0.1, 0.15) is 5.82 Å². The number of nitrogens with zero attached hydrogens (tertiary/aromatic N) is 3. The van der Waals surface area contributed by atoms with E-state index in [1.807, 2.05) is 13.2 Å². The molecular formula is C16H22N4. The summed E-state index contributed by atoms with van der Waals surface area (Å²) < 4.78 is 0. The van der Waals surface area contributed by atoms with E-state index in [4.69, 9.17) is 0 Å².